The highest BCUT2D eigenvalue weighted by Crippen LogP contribution is 2.32. The zero-order valence-corrected chi connectivity index (χ0v) is 11.4. The Bertz CT molecular complexity index is 552. The predicted octanol–water partition coefficient (Wildman–Crippen LogP) is 1.12. The molecule has 0 saturated carbocycles. The van der Waals surface area contributed by atoms with E-state index in [4.69, 9.17) is 9.78 Å². The maximum absolute atomic E-state index is 12.6. The monoisotopic (exact) mass is 274 g/mol. The maximum atomic E-state index is 12.6. The molecule has 1 saturated heterocycles. The van der Waals surface area contributed by atoms with Crippen LogP contribution in [0.25, 0.3) is 0 Å². The van der Waals surface area contributed by atoms with Gasteiger partial charge in [-0.25, -0.2) is 0 Å². The molecule has 5 nitrogen and oxygen atoms in total. The number of hydrogen-bond donors (Lipinski definition) is 1. The summed E-state index contributed by atoms with van der Waals surface area (Å²) in [6.45, 7) is 4.22. The van der Waals surface area contributed by atoms with Crippen LogP contribution in [0, 0.1) is 5.92 Å². The first kappa shape index (κ1) is 12.2. The smallest absolute Gasteiger partial charge is 0.254 e. The van der Waals surface area contributed by atoms with Crippen LogP contribution in [0.3, 0.4) is 0 Å². The fraction of sp³-hybridized carbons (Fsp3) is 0.533. The standard InChI is InChI=1S/C15H18N2O3/c18-15-13-5-12-9-19-20-14(12)6-11(13)2-4-17(15)8-10-1-3-16-7-10/h5-6,10,16H,1-4,7-9H2. The van der Waals surface area contributed by atoms with Gasteiger partial charge in [-0.05, 0) is 49.5 Å². The number of rotatable bonds is 2. The van der Waals surface area contributed by atoms with Crippen LogP contribution in [0.1, 0.15) is 27.9 Å². The molecule has 0 radical (unpaired) electrons. The van der Waals surface area contributed by atoms with Gasteiger partial charge in [-0.15, -0.1) is 0 Å². The van der Waals surface area contributed by atoms with Crippen LogP contribution in [0.4, 0.5) is 0 Å². The summed E-state index contributed by atoms with van der Waals surface area (Å²) in [5.41, 5.74) is 2.89. The molecule has 3 aliphatic rings. The molecule has 1 unspecified atom stereocenters. The summed E-state index contributed by atoms with van der Waals surface area (Å²) in [4.78, 5) is 24.7. The summed E-state index contributed by atoms with van der Waals surface area (Å²) >= 11 is 0. The highest BCUT2D eigenvalue weighted by molar-refractivity contribution is 5.97. The van der Waals surface area contributed by atoms with Crippen molar-refractivity contribution in [3.05, 3.63) is 28.8 Å². The van der Waals surface area contributed by atoms with Crippen molar-refractivity contribution in [2.75, 3.05) is 26.2 Å². The number of amides is 1. The number of fused-ring (bicyclic) bond motifs is 2. The fourth-order valence-electron chi connectivity index (χ4n) is 3.30. The molecule has 1 atom stereocenters. The molecular formula is C15H18N2O3. The molecule has 0 aromatic heterocycles. The number of carbonyl (C=O) groups excluding carboxylic acids is 1. The van der Waals surface area contributed by atoms with Gasteiger partial charge in [0.15, 0.2) is 5.75 Å². The van der Waals surface area contributed by atoms with E-state index < -0.39 is 0 Å². The Labute approximate surface area is 117 Å². The second-order valence-electron chi connectivity index (χ2n) is 5.82. The third-order valence-electron chi connectivity index (χ3n) is 4.46. The van der Waals surface area contributed by atoms with Crippen LogP contribution in [0.5, 0.6) is 5.75 Å². The van der Waals surface area contributed by atoms with Crippen molar-refractivity contribution in [1.29, 1.82) is 0 Å². The predicted molar refractivity (Wildman–Crippen MR) is 72.4 cm³/mol. The molecule has 1 N–H and O–H groups in total. The molecule has 5 heteroatoms. The summed E-state index contributed by atoms with van der Waals surface area (Å²) < 4.78 is 0. The van der Waals surface area contributed by atoms with E-state index in [1.807, 2.05) is 17.0 Å². The highest BCUT2D eigenvalue weighted by Gasteiger charge is 2.29. The minimum absolute atomic E-state index is 0.160. The third-order valence-corrected chi connectivity index (χ3v) is 4.46. The number of nitrogens with zero attached hydrogens (tertiary/aromatic N) is 1. The Kier molecular flexibility index (Phi) is 2.89. The summed E-state index contributed by atoms with van der Waals surface area (Å²) in [5, 5.41) is 3.36. The molecule has 106 valence electrons. The summed E-state index contributed by atoms with van der Waals surface area (Å²) in [6.07, 6.45) is 2.07. The molecule has 0 aliphatic carbocycles. The van der Waals surface area contributed by atoms with E-state index in [9.17, 15) is 4.79 Å². The van der Waals surface area contributed by atoms with Gasteiger partial charge in [0.05, 0.1) is 0 Å². The van der Waals surface area contributed by atoms with Gasteiger partial charge in [-0.1, -0.05) is 0 Å². The second-order valence-corrected chi connectivity index (χ2v) is 5.82. The van der Waals surface area contributed by atoms with Gasteiger partial charge < -0.3 is 15.1 Å². The van der Waals surface area contributed by atoms with Crippen molar-refractivity contribution < 1.29 is 14.6 Å². The molecule has 3 aliphatic heterocycles. The highest BCUT2D eigenvalue weighted by atomic mass is 17.2. The molecule has 1 aromatic rings. The van der Waals surface area contributed by atoms with Crippen molar-refractivity contribution in [3.8, 4) is 5.75 Å². The first-order chi connectivity index (χ1) is 9.81. The Balaban J connectivity index is 1.58. The fourth-order valence-corrected chi connectivity index (χ4v) is 3.30. The van der Waals surface area contributed by atoms with Gasteiger partial charge >= 0.3 is 0 Å². The molecule has 3 heterocycles. The zero-order valence-electron chi connectivity index (χ0n) is 11.4. The number of nitrogens with one attached hydrogen (secondary N) is 1. The average Bonchev–Trinajstić information content (AvgIpc) is 3.11. The molecule has 0 bridgehead atoms. The summed E-state index contributed by atoms with van der Waals surface area (Å²) in [5.74, 6) is 1.53. The van der Waals surface area contributed by atoms with Crippen molar-refractivity contribution in [3.63, 3.8) is 0 Å². The number of hydrogen-bond acceptors (Lipinski definition) is 4. The van der Waals surface area contributed by atoms with Gasteiger partial charge in [-0.2, -0.15) is 4.89 Å². The Hall–Kier alpha value is -1.59. The van der Waals surface area contributed by atoms with Crippen LogP contribution in [-0.2, 0) is 17.9 Å². The van der Waals surface area contributed by atoms with E-state index in [-0.39, 0.29) is 5.91 Å². The van der Waals surface area contributed by atoms with E-state index in [1.165, 1.54) is 6.42 Å². The van der Waals surface area contributed by atoms with Crippen molar-refractivity contribution in [2.24, 2.45) is 5.92 Å². The lowest BCUT2D eigenvalue weighted by Crippen LogP contribution is -2.41. The average molecular weight is 274 g/mol. The first-order valence-corrected chi connectivity index (χ1v) is 7.26. The molecular weight excluding hydrogens is 256 g/mol. The van der Waals surface area contributed by atoms with Crippen molar-refractivity contribution >= 4 is 5.91 Å². The molecule has 4 rings (SSSR count). The first-order valence-electron chi connectivity index (χ1n) is 7.26. The maximum Gasteiger partial charge on any atom is 0.254 e. The quantitative estimate of drug-likeness (QED) is 0.821. The summed E-state index contributed by atoms with van der Waals surface area (Å²) in [7, 11) is 0. The van der Waals surface area contributed by atoms with Crippen LogP contribution >= 0.6 is 0 Å². The third kappa shape index (κ3) is 1.98. The zero-order chi connectivity index (χ0) is 13.5. The largest absolute Gasteiger partial charge is 0.338 e. The molecule has 0 spiro atoms. The summed E-state index contributed by atoms with van der Waals surface area (Å²) in [6, 6.07) is 3.91. The number of benzene rings is 1. The molecule has 1 amide bonds. The van der Waals surface area contributed by atoms with Crippen LogP contribution in [0.15, 0.2) is 12.1 Å². The molecule has 1 aromatic carbocycles. The van der Waals surface area contributed by atoms with Crippen LogP contribution < -0.4 is 10.2 Å². The van der Waals surface area contributed by atoms with E-state index in [0.29, 0.717) is 12.5 Å². The van der Waals surface area contributed by atoms with Crippen LogP contribution in [0.2, 0.25) is 0 Å². The van der Waals surface area contributed by atoms with E-state index in [0.717, 1.165) is 55.0 Å². The Morgan fingerprint density at radius 1 is 1.35 bits per heavy atom. The second kappa shape index (κ2) is 4.75. The minimum Gasteiger partial charge on any atom is -0.338 e. The lowest BCUT2D eigenvalue weighted by Gasteiger charge is -2.30. The normalized spacial score (nSPS) is 24.5. The van der Waals surface area contributed by atoms with Gasteiger partial charge in [0.1, 0.15) is 6.61 Å². The van der Waals surface area contributed by atoms with E-state index in [2.05, 4.69) is 5.32 Å². The molecule has 20 heavy (non-hydrogen) atoms. The van der Waals surface area contributed by atoms with E-state index >= 15 is 0 Å². The van der Waals surface area contributed by atoms with Crippen LogP contribution in [-0.4, -0.2) is 37.0 Å². The Morgan fingerprint density at radius 2 is 2.30 bits per heavy atom. The SMILES string of the molecule is O=C1c2cc3c(cc2CCN1CC1CCNC1)OOC3. The van der Waals surface area contributed by atoms with Gasteiger partial charge in [-0.3, -0.25) is 4.79 Å². The lowest BCUT2D eigenvalue weighted by molar-refractivity contribution is -0.194. The lowest BCUT2D eigenvalue weighted by atomic mass is 9.95. The van der Waals surface area contributed by atoms with Gasteiger partial charge in [0.2, 0.25) is 0 Å². The van der Waals surface area contributed by atoms with Crippen molar-refractivity contribution in [2.45, 2.75) is 19.4 Å². The Morgan fingerprint density at radius 3 is 3.15 bits per heavy atom. The topological polar surface area (TPSA) is 50.8 Å². The van der Waals surface area contributed by atoms with Crippen molar-refractivity contribution in [1.82, 2.24) is 10.2 Å². The molecule has 1 fully saturated rings. The van der Waals surface area contributed by atoms with E-state index in [1.54, 1.807) is 0 Å². The van der Waals surface area contributed by atoms with Gasteiger partial charge in [0, 0.05) is 24.2 Å². The van der Waals surface area contributed by atoms with Gasteiger partial charge in [0.25, 0.3) is 5.91 Å². The number of carbonyl (C=O) groups is 1. The minimum atomic E-state index is 0.160.